The number of benzene rings is 2. The van der Waals surface area contributed by atoms with Gasteiger partial charge in [0.2, 0.25) is 5.91 Å². The van der Waals surface area contributed by atoms with Gasteiger partial charge in [-0.05, 0) is 74.1 Å². The quantitative estimate of drug-likeness (QED) is 0.301. The second-order valence-electron chi connectivity index (χ2n) is 11.4. The Labute approximate surface area is 252 Å². The van der Waals surface area contributed by atoms with Gasteiger partial charge in [0, 0.05) is 42.5 Å². The number of nitrogens with zero attached hydrogens (tertiary/aromatic N) is 2. The molecule has 0 radical (unpaired) electrons. The van der Waals surface area contributed by atoms with Crippen LogP contribution in [0.1, 0.15) is 64.1 Å². The van der Waals surface area contributed by atoms with Crippen LogP contribution in [0, 0.1) is 0 Å². The van der Waals surface area contributed by atoms with E-state index < -0.39 is 29.2 Å². The highest BCUT2D eigenvalue weighted by molar-refractivity contribution is 5.96. The van der Waals surface area contributed by atoms with Crippen LogP contribution in [0.25, 0.3) is 11.1 Å². The van der Waals surface area contributed by atoms with E-state index in [0.29, 0.717) is 44.5 Å². The number of amides is 2. The van der Waals surface area contributed by atoms with Crippen molar-refractivity contribution in [1.82, 2.24) is 20.5 Å². The molecule has 3 aromatic rings. The first-order valence-corrected chi connectivity index (χ1v) is 14.4. The van der Waals surface area contributed by atoms with Crippen molar-refractivity contribution >= 4 is 17.8 Å². The number of halogens is 3. The van der Waals surface area contributed by atoms with E-state index in [0.717, 1.165) is 35.7 Å². The first kappa shape index (κ1) is 31.1. The maximum atomic E-state index is 12.9. The molecule has 12 heteroatoms. The number of carbonyl (C=O) groups excluding carboxylic acids is 2. The SMILES string of the molecule is O=C(O)c1cccc(-c2ccc(C3(O)CCC(N[C@H]4CCN(C(=O)CNC(=O)c5cccc(C(F)(F)F)c5)C4)CC3)nc2)c1. The number of aromatic nitrogens is 1. The van der Waals surface area contributed by atoms with Crippen LogP contribution in [-0.4, -0.2) is 69.6 Å². The first-order chi connectivity index (χ1) is 20.9. The zero-order valence-corrected chi connectivity index (χ0v) is 23.8. The molecular weight excluding hydrogens is 577 g/mol. The van der Waals surface area contributed by atoms with Crippen LogP contribution in [0.2, 0.25) is 0 Å². The van der Waals surface area contributed by atoms with E-state index in [9.17, 15) is 37.8 Å². The van der Waals surface area contributed by atoms with Gasteiger partial charge in [-0.1, -0.05) is 24.3 Å². The Morgan fingerprint density at radius 2 is 1.66 bits per heavy atom. The number of aliphatic hydroxyl groups is 1. The molecule has 1 aliphatic heterocycles. The lowest BCUT2D eigenvalue weighted by Gasteiger charge is -2.37. The minimum atomic E-state index is -4.57. The van der Waals surface area contributed by atoms with Gasteiger partial charge in [0.15, 0.2) is 0 Å². The van der Waals surface area contributed by atoms with Crippen molar-refractivity contribution in [2.45, 2.75) is 56.0 Å². The van der Waals surface area contributed by atoms with Gasteiger partial charge >= 0.3 is 12.1 Å². The van der Waals surface area contributed by atoms with Crippen molar-refractivity contribution in [3.05, 3.63) is 89.2 Å². The van der Waals surface area contributed by atoms with E-state index in [1.807, 2.05) is 12.1 Å². The third kappa shape index (κ3) is 7.25. The second-order valence-corrected chi connectivity index (χ2v) is 11.4. The molecule has 232 valence electrons. The van der Waals surface area contributed by atoms with Gasteiger partial charge in [0.1, 0.15) is 5.60 Å². The standard InChI is InChI=1S/C32H33F3N4O5/c33-32(34,35)24-6-2-4-21(16-24)29(41)37-18-28(40)39-14-11-26(19-39)38-25-9-12-31(44,13-10-25)27-8-7-23(17-36-27)20-3-1-5-22(15-20)30(42)43/h1-8,15-17,25-26,38,44H,9-14,18-19H2,(H,37,41)(H,42,43)/t25?,26-,31?/m0/s1. The minimum Gasteiger partial charge on any atom is -0.478 e. The molecule has 5 rings (SSSR count). The zero-order chi connectivity index (χ0) is 31.5. The summed E-state index contributed by atoms with van der Waals surface area (Å²) in [6.07, 6.45) is 0.217. The number of likely N-dealkylation sites (tertiary alicyclic amines) is 1. The number of nitrogens with one attached hydrogen (secondary N) is 2. The van der Waals surface area contributed by atoms with Gasteiger partial charge in [0.25, 0.3) is 5.91 Å². The van der Waals surface area contributed by atoms with E-state index in [4.69, 9.17) is 0 Å². The van der Waals surface area contributed by atoms with Crippen molar-refractivity contribution in [1.29, 1.82) is 0 Å². The molecule has 0 unspecified atom stereocenters. The summed E-state index contributed by atoms with van der Waals surface area (Å²) >= 11 is 0. The van der Waals surface area contributed by atoms with Crippen molar-refractivity contribution in [2.75, 3.05) is 19.6 Å². The monoisotopic (exact) mass is 610 g/mol. The highest BCUT2D eigenvalue weighted by Gasteiger charge is 2.37. The number of carbonyl (C=O) groups is 3. The Bertz CT molecular complexity index is 1520. The molecule has 1 aliphatic carbocycles. The highest BCUT2D eigenvalue weighted by Crippen LogP contribution is 2.37. The van der Waals surface area contributed by atoms with Crippen LogP contribution >= 0.6 is 0 Å². The number of pyridine rings is 1. The summed E-state index contributed by atoms with van der Waals surface area (Å²) in [5, 5.41) is 26.6. The number of aromatic carboxylic acids is 1. The van der Waals surface area contributed by atoms with E-state index in [1.54, 1.807) is 29.3 Å². The Morgan fingerprint density at radius 1 is 0.932 bits per heavy atom. The molecule has 0 bridgehead atoms. The Balaban J connectivity index is 1.08. The lowest BCUT2D eigenvalue weighted by Crippen LogP contribution is -2.46. The summed E-state index contributed by atoms with van der Waals surface area (Å²) in [6.45, 7) is 0.637. The average Bonchev–Trinajstić information content (AvgIpc) is 3.49. The molecule has 2 aromatic carbocycles. The van der Waals surface area contributed by atoms with Crippen molar-refractivity contribution in [3.63, 3.8) is 0 Å². The topological polar surface area (TPSA) is 132 Å². The molecule has 1 saturated heterocycles. The third-order valence-electron chi connectivity index (χ3n) is 8.36. The van der Waals surface area contributed by atoms with Crippen LogP contribution in [-0.2, 0) is 16.6 Å². The van der Waals surface area contributed by atoms with Gasteiger partial charge in [-0.25, -0.2) is 4.79 Å². The fourth-order valence-electron chi connectivity index (χ4n) is 5.85. The molecule has 9 nitrogen and oxygen atoms in total. The number of carboxylic acids is 1. The van der Waals surface area contributed by atoms with Gasteiger partial charge in [-0.2, -0.15) is 13.2 Å². The van der Waals surface area contributed by atoms with E-state index in [2.05, 4.69) is 15.6 Å². The van der Waals surface area contributed by atoms with E-state index in [-0.39, 0.29) is 35.7 Å². The number of alkyl halides is 3. The Kier molecular flexibility index (Phi) is 9.02. The van der Waals surface area contributed by atoms with Gasteiger partial charge < -0.3 is 25.7 Å². The molecule has 2 amide bonds. The van der Waals surface area contributed by atoms with Crippen LogP contribution in [0.5, 0.6) is 0 Å². The third-order valence-corrected chi connectivity index (χ3v) is 8.36. The molecule has 1 aromatic heterocycles. The van der Waals surface area contributed by atoms with Gasteiger partial charge in [-0.15, -0.1) is 0 Å². The fraction of sp³-hybridized carbons (Fsp3) is 0.375. The average molecular weight is 611 g/mol. The van der Waals surface area contributed by atoms with Gasteiger partial charge in [-0.3, -0.25) is 14.6 Å². The predicted molar refractivity (Wildman–Crippen MR) is 155 cm³/mol. The number of hydrogen-bond acceptors (Lipinski definition) is 6. The molecule has 1 saturated carbocycles. The molecule has 0 spiro atoms. The van der Waals surface area contributed by atoms with Crippen LogP contribution < -0.4 is 10.6 Å². The minimum absolute atomic E-state index is 0.0493. The predicted octanol–water partition coefficient (Wildman–Crippen LogP) is 4.22. The number of rotatable bonds is 8. The molecule has 44 heavy (non-hydrogen) atoms. The fourth-order valence-corrected chi connectivity index (χ4v) is 5.85. The normalized spacial score (nSPS) is 22.0. The van der Waals surface area contributed by atoms with Crippen LogP contribution in [0.15, 0.2) is 66.9 Å². The van der Waals surface area contributed by atoms with Crippen LogP contribution in [0.4, 0.5) is 13.2 Å². The maximum Gasteiger partial charge on any atom is 0.416 e. The summed E-state index contributed by atoms with van der Waals surface area (Å²) in [5.41, 5.74) is 0.0705. The smallest absolute Gasteiger partial charge is 0.416 e. The van der Waals surface area contributed by atoms with Crippen molar-refractivity contribution in [2.24, 2.45) is 0 Å². The molecular formula is C32H33F3N4O5. The van der Waals surface area contributed by atoms with Gasteiger partial charge in [0.05, 0.1) is 23.4 Å². The highest BCUT2D eigenvalue weighted by atomic mass is 19.4. The largest absolute Gasteiger partial charge is 0.478 e. The summed E-state index contributed by atoms with van der Waals surface area (Å²) in [5.74, 6) is -2.06. The maximum absolute atomic E-state index is 12.9. The lowest BCUT2D eigenvalue weighted by atomic mass is 9.79. The number of carboxylic acid groups (broad SMARTS) is 1. The van der Waals surface area contributed by atoms with Crippen LogP contribution in [0.3, 0.4) is 0 Å². The molecule has 2 aliphatic rings. The number of hydrogen-bond donors (Lipinski definition) is 4. The second kappa shape index (κ2) is 12.7. The molecule has 2 fully saturated rings. The lowest BCUT2D eigenvalue weighted by molar-refractivity contribution is -0.137. The first-order valence-electron chi connectivity index (χ1n) is 14.4. The molecule has 1 atom stereocenters. The molecule has 4 N–H and O–H groups in total. The summed E-state index contributed by atoms with van der Waals surface area (Å²) in [6, 6.07) is 14.5. The molecule has 2 heterocycles. The zero-order valence-electron chi connectivity index (χ0n) is 23.8. The Hall–Kier alpha value is -4.29. The summed E-state index contributed by atoms with van der Waals surface area (Å²) in [4.78, 5) is 42.4. The van der Waals surface area contributed by atoms with E-state index >= 15 is 0 Å². The van der Waals surface area contributed by atoms with Crippen molar-refractivity contribution < 1.29 is 37.8 Å². The summed E-state index contributed by atoms with van der Waals surface area (Å²) in [7, 11) is 0. The summed E-state index contributed by atoms with van der Waals surface area (Å²) < 4.78 is 38.8. The Morgan fingerprint density at radius 3 is 2.34 bits per heavy atom. The van der Waals surface area contributed by atoms with Crippen molar-refractivity contribution in [3.8, 4) is 11.1 Å². The van der Waals surface area contributed by atoms with E-state index in [1.165, 1.54) is 12.1 Å².